The first-order chi connectivity index (χ1) is 8.31. The van der Waals surface area contributed by atoms with Crippen molar-refractivity contribution < 1.29 is 18.7 Å². The minimum atomic E-state index is -0.575. The second-order valence-corrected chi connectivity index (χ2v) is 5.05. The molecule has 0 radical (unpaired) electrons. The average Bonchev–Trinajstić information content (AvgIpc) is 2.61. The van der Waals surface area contributed by atoms with Crippen LogP contribution in [0.25, 0.3) is 0 Å². The summed E-state index contributed by atoms with van der Waals surface area (Å²) in [7, 11) is 0. The van der Waals surface area contributed by atoms with Crippen molar-refractivity contribution in [3.05, 3.63) is 23.7 Å². The minimum Gasteiger partial charge on any atom is -0.464 e. The molecule has 0 unspecified atom stereocenters. The van der Waals surface area contributed by atoms with Crippen LogP contribution in [0.1, 0.15) is 44.8 Å². The molecule has 1 aromatic rings. The SMILES string of the molecule is Cc1ccc([C@H](CC=O)NC(=O)OC(C)(C)C)o1. The van der Waals surface area contributed by atoms with E-state index in [1.54, 1.807) is 39.8 Å². The van der Waals surface area contributed by atoms with E-state index in [4.69, 9.17) is 9.15 Å². The van der Waals surface area contributed by atoms with Crippen molar-refractivity contribution >= 4 is 12.4 Å². The Balaban J connectivity index is 2.69. The lowest BCUT2D eigenvalue weighted by molar-refractivity contribution is -0.108. The third kappa shape index (κ3) is 4.61. The van der Waals surface area contributed by atoms with E-state index in [9.17, 15) is 9.59 Å². The van der Waals surface area contributed by atoms with Gasteiger partial charge in [0.15, 0.2) is 0 Å². The number of aldehydes is 1. The molecule has 5 heteroatoms. The fourth-order valence-electron chi connectivity index (χ4n) is 1.43. The van der Waals surface area contributed by atoms with Crippen molar-refractivity contribution in [1.29, 1.82) is 0 Å². The molecule has 0 bridgehead atoms. The molecule has 0 saturated heterocycles. The normalized spacial score (nSPS) is 12.9. The van der Waals surface area contributed by atoms with Crippen LogP contribution in [0, 0.1) is 6.92 Å². The molecule has 1 aromatic heterocycles. The Kier molecular flexibility index (Phi) is 4.53. The zero-order valence-electron chi connectivity index (χ0n) is 11.1. The summed E-state index contributed by atoms with van der Waals surface area (Å²) in [6.45, 7) is 7.13. The van der Waals surface area contributed by atoms with Crippen LogP contribution in [-0.2, 0) is 9.53 Å². The van der Waals surface area contributed by atoms with Crippen LogP contribution in [0.2, 0.25) is 0 Å². The highest BCUT2D eigenvalue weighted by atomic mass is 16.6. The van der Waals surface area contributed by atoms with Gasteiger partial charge in [-0.2, -0.15) is 0 Å². The predicted molar refractivity (Wildman–Crippen MR) is 66.2 cm³/mol. The second-order valence-electron chi connectivity index (χ2n) is 5.05. The van der Waals surface area contributed by atoms with Gasteiger partial charge in [0.1, 0.15) is 23.4 Å². The van der Waals surface area contributed by atoms with Gasteiger partial charge in [-0.15, -0.1) is 0 Å². The largest absolute Gasteiger partial charge is 0.464 e. The topological polar surface area (TPSA) is 68.5 Å². The summed E-state index contributed by atoms with van der Waals surface area (Å²) < 4.78 is 10.5. The molecule has 0 spiro atoms. The molecule has 1 amide bonds. The van der Waals surface area contributed by atoms with Crippen molar-refractivity contribution in [2.24, 2.45) is 0 Å². The number of hydrogen-bond donors (Lipinski definition) is 1. The summed E-state index contributed by atoms with van der Waals surface area (Å²) in [5, 5.41) is 2.62. The van der Waals surface area contributed by atoms with Gasteiger partial charge < -0.3 is 19.3 Å². The average molecular weight is 253 g/mol. The van der Waals surface area contributed by atoms with E-state index in [2.05, 4.69) is 5.32 Å². The molecule has 1 N–H and O–H groups in total. The molecule has 1 heterocycles. The Morgan fingerprint density at radius 1 is 1.50 bits per heavy atom. The Bertz CT molecular complexity index is 417. The van der Waals surface area contributed by atoms with Gasteiger partial charge in [0.25, 0.3) is 0 Å². The molecule has 100 valence electrons. The number of carbonyl (C=O) groups is 2. The number of alkyl carbamates (subject to hydrolysis) is 1. The van der Waals surface area contributed by atoms with Gasteiger partial charge in [-0.25, -0.2) is 4.79 Å². The highest BCUT2D eigenvalue weighted by Crippen LogP contribution is 2.19. The van der Waals surface area contributed by atoms with Crippen LogP contribution in [0.15, 0.2) is 16.5 Å². The summed E-state index contributed by atoms with van der Waals surface area (Å²) in [4.78, 5) is 22.3. The van der Waals surface area contributed by atoms with Gasteiger partial charge >= 0.3 is 6.09 Å². The molecule has 0 fully saturated rings. The van der Waals surface area contributed by atoms with E-state index in [0.29, 0.717) is 5.76 Å². The lowest BCUT2D eigenvalue weighted by Gasteiger charge is -2.22. The Hall–Kier alpha value is -1.78. The van der Waals surface area contributed by atoms with Crippen molar-refractivity contribution in [2.75, 3.05) is 0 Å². The quantitative estimate of drug-likeness (QED) is 0.838. The van der Waals surface area contributed by atoms with E-state index in [-0.39, 0.29) is 6.42 Å². The van der Waals surface area contributed by atoms with Gasteiger partial charge in [-0.3, -0.25) is 0 Å². The number of carbonyl (C=O) groups excluding carboxylic acids is 2. The highest BCUT2D eigenvalue weighted by molar-refractivity contribution is 5.69. The zero-order valence-corrected chi connectivity index (χ0v) is 11.1. The molecular weight excluding hydrogens is 234 g/mol. The van der Waals surface area contributed by atoms with Gasteiger partial charge in [0, 0.05) is 6.42 Å². The Morgan fingerprint density at radius 2 is 2.17 bits per heavy atom. The molecule has 18 heavy (non-hydrogen) atoms. The molecule has 0 aliphatic heterocycles. The molecule has 0 aliphatic carbocycles. The number of amides is 1. The van der Waals surface area contributed by atoms with Crippen LogP contribution in [0.4, 0.5) is 4.79 Å². The molecular formula is C13H19NO4. The first-order valence-electron chi connectivity index (χ1n) is 5.81. The lowest BCUT2D eigenvalue weighted by atomic mass is 10.1. The fourth-order valence-corrected chi connectivity index (χ4v) is 1.43. The molecule has 1 atom stereocenters. The molecule has 0 aromatic carbocycles. The number of aryl methyl sites for hydroxylation is 1. The summed E-state index contributed by atoms with van der Waals surface area (Å²) in [5.41, 5.74) is -0.575. The van der Waals surface area contributed by atoms with Gasteiger partial charge in [0.05, 0.1) is 6.04 Å². The first kappa shape index (κ1) is 14.3. The maximum Gasteiger partial charge on any atom is 0.408 e. The third-order valence-electron chi connectivity index (χ3n) is 2.13. The molecule has 1 rings (SSSR count). The zero-order chi connectivity index (χ0) is 13.8. The smallest absolute Gasteiger partial charge is 0.408 e. The highest BCUT2D eigenvalue weighted by Gasteiger charge is 2.22. The number of rotatable bonds is 4. The standard InChI is InChI=1S/C13H19NO4/c1-9-5-6-11(17-9)10(7-8-15)14-12(16)18-13(2,3)4/h5-6,8,10H,7H2,1-4H3,(H,14,16)/t10-/m0/s1. The van der Waals surface area contributed by atoms with Crippen LogP contribution >= 0.6 is 0 Å². The van der Waals surface area contributed by atoms with Crippen LogP contribution in [-0.4, -0.2) is 18.0 Å². The summed E-state index contributed by atoms with van der Waals surface area (Å²) in [5.74, 6) is 1.28. The summed E-state index contributed by atoms with van der Waals surface area (Å²) in [6, 6.07) is 3.02. The molecule has 0 saturated carbocycles. The maximum absolute atomic E-state index is 11.6. The van der Waals surface area contributed by atoms with Gasteiger partial charge in [-0.05, 0) is 39.8 Å². The Morgan fingerprint density at radius 3 is 2.61 bits per heavy atom. The maximum atomic E-state index is 11.6. The fraction of sp³-hybridized carbons (Fsp3) is 0.538. The third-order valence-corrected chi connectivity index (χ3v) is 2.13. The van der Waals surface area contributed by atoms with Crippen LogP contribution in [0.5, 0.6) is 0 Å². The van der Waals surface area contributed by atoms with Crippen LogP contribution < -0.4 is 5.32 Å². The minimum absolute atomic E-state index is 0.145. The van der Waals surface area contributed by atoms with Crippen molar-refractivity contribution in [2.45, 2.75) is 45.8 Å². The molecule has 5 nitrogen and oxygen atoms in total. The van der Waals surface area contributed by atoms with Crippen molar-refractivity contribution in [3.63, 3.8) is 0 Å². The number of furan rings is 1. The number of hydrogen-bond acceptors (Lipinski definition) is 4. The first-order valence-corrected chi connectivity index (χ1v) is 5.81. The Labute approximate surface area is 106 Å². The van der Waals surface area contributed by atoms with Crippen molar-refractivity contribution in [1.82, 2.24) is 5.32 Å². The predicted octanol–water partition coefficient (Wildman–Crippen LogP) is 2.74. The lowest BCUT2D eigenvalue weighted by Crippen LogP contribution is -2.35. The monoisotopic (exact) mass is 253 g/mol. The van der Waals surface area contributed by atoms with E-state index in [1.807, 2.05) is 0 Å². The van der Waals surface area contributed by atoms with Crippen LogP contribution in [0.3, 0.4) is 0 Å². The van der Waals surface area contributed by atoms with E-state index in [0.717, 1.165) is 12.0 Å². The van der Waals surface area contributed by atoms with Crippen molar-refractivity contribution in [3.8, 4) is 0 Å². The van der Waals surface area contributed by atoms with Gasteiger partial charge in [0.2, 0.25) is 0 Å². The molecule has 0 aliphatic rings. The second kappa shape index (κ2) is 5.71. The van der Waals surface area contributed by atoms with E-state index >= 15 is 0 Å². The van der Waals surface area contributed by atoms with E-state index < -0.39 is 17.7 Å². The summed E-state index contributed by atoms with van der Waals surface area (Å²) >= 11 is 0. The summed E-state index contributed by atoms with van der Waals surface area (Å²) in [6.07, 6.45) is 0.315. The van der Waals surface area contributed by atoms with Gasteiger partial charge in [-0.1, -0.05) is 0 Å². The van der Waals surface area contributed by atoms with E-state index in [1.165, 1.54) is 0 Å². The number of ether oxygens (including phenoxy) is 1. The number of nitrogens with one attached hydrogen (secondary N) is 1.